The van der Waals surface area contributed by atoms with Crippen molar-refractivity contribution in [1.82, 2.24) is 5.32 Å². The molecule has 1 amide bonds. The van der Waals surface area contributed by atoms with Gasteiger partial charge in [0.25, 0.3) is 0 Å². The molecule has 0 aliphatic heterocycles. The number of alkyl carbamates (subject to hydrolysis) is 1. The maximum absolute atomic E-state index is 12.3. The second kappa shape index (κ2) is 9.04. The van der Waals surface area contributed by atoms with Crippen LogP contribution in [0.25, 0.3) is 11.1 Å². The van der Waals surface area contributed by atoms with E-state index in [-0.39, 0.29) is 19.1 Å². The Hall–Kier alpha value is -3.60. The Morgan fingerprint density at radius 2 is 1.52 bits per heavy atom. The molecule has 0 spiro atoms. The van der Waals surface area contributed by atoms with E-state index in [1.54, 1.807) is 0 Å². The molecule has 3 aromatic carbocycles. The van der Waals surface area contributed by atoms with Crippen LogP contribution in [0.1, 0.15) is 28.2 Å². The summed E-state index contributed by atoms with van der Waals surface area (Å²) in [6, 6.07) is 23.9. The molecule has 5 heteroatoms. The quantitative estimate of drug-likeness (QED) is 0.582. The van der Waals surface area contributed by atoms with Crippen molar-refractivity contribution in [3.05, 3.63) is 95.1 Å². The molecule has 2 N–H and O–H groups in total. The van der Waals surface area contributed by atoms with Crippen LogP contribution in [-0.2, 0) is 16.0 Å². The molecule has 0 unspecified atom stereocenters. The van der Waals surface area contributed by atoms with E-state index in [1.165, 1.54) is 0 Å². The first-order valence-electron chi connectivity index (χ1n) is 10.4. The van der Waals surface area contributed by atoms with Crippen LogP contribution in [0, 0.1) is 12.8 Å². The summed E-state index contributed by atoms with van der Waals surface area (Å²) < 4.78 is 5.50. The van der Waals surface area contributed by atoms with Crippen LogP contribution in [0.5, 0.6) is 0 Å². The Labute approximate surface area is 181 Å². The van der Waals surface area contributed by atoms with E-state index >= 15 is 0 Å². The standard InChI is InChI=1S/C26H25NO4/c1-17-8-2-3-9-18(17)14-19(25(28)29)15-27-26(30)31-16-24-22-12-6-4-10-20(22)21-11-5-7-13-23(21)24/h2-13,19,24H,14-16H2,1H3,(H,27,30)(H,28,29)/t19-/m0/s1. The fraction of sp³-hybridized carbons (Fsp3) is 0.231. The van der Waals surface area contributed by atoms with Gasteiger partial charge in [0.15, 0.2) is 0 Å². The van der Waals surface area contributed by atoms with Crippen molar-refractivity contribution in [3.8, 4) is 11.1 Å². The van der Waals surface area contributed by atoms with Gasteiger partial charge >= 0.3 is 12.1 Å². The number of nitrogens with one attached hydrogen (secondary N) is 1. The zero-order valence-electron chi connectivity index (χ0n) is 17.4. The number of carboxylic acid groups (broad SMARTS) is 1. The Bertz CT molecular complexity index is 1060. The largest absolute Gasteiger partial charge is 0.481 e. The second-order valence-corrected chi connectivity index (χ2v) is 7.87. The lowest BCUT2D eigenvalue weighted by Gasteiger charge is -2.17. The molecule has 1 aliphatic carbocycles. The summed E-state index contributed by atoms with van der Waals surface area (Å²) in [5.41, 5.74) is 6.60. The van der Waals surface area contributed by atoms with E-state index in [1.807, 2.05) is 55.5 Å². The minimum atomic E-state index is -0.942. The van der Waals surface area contributed by atoms with Crippen molar-refractivity contribution >= 4 is 12.1 Å². The second-order valence-electron chi connectivity index (χ2n) is 7.87. The third-order valence-corrected chi connectivity index (χ3v) is 5.91. The van der Waals surface area contributed by atoms with Crippen LogP contribution in [-0.4, -0.2) is 30.3 Å². The molecule has 0 radical (unpaired) electrons. The molecule has 1 aliphatic rings. The summed E-state index contributed by atoms with van der Waals surface area (Å²) in [5.74, 6) is -1.69. The molecule has 4 rings (SSSR count). The predicted molar refractivity (Wildman–Crippen MR) is 119 cm³/mol. The number of carbonyl (C=O) groups excluding carboxylic acids is 1. The maximum Gasteiger partial charge on any atom is 0.407 e. The number of aliphatic carboxylic acids is 1. The Balaban J connectivity index is 1.37. The molecule has 5 nitrogen and oxygen atoms in total. The highest BCUT2D eigenvalue weighted by Gasteiger charge is 2.29. The monoisotopic (exact) mass is 415 g/mol. The average molecular weight is 415 g/mol. The van der Waals surface area contributed by atoms with Crippen LogP contribution in [0.2, 0.25) is 0 Å². The van der Waals surface area contributed by atoms with E-state index in [0.717, 1.165) is 33.4 Å². The number of hydrogen-bond acceptors (Lipinski definition) is 3. The number of ether oxygens (including phenoxy) is 1. The average Bonchev–Trinajstić information content (AvgIpc) is 3.10. The van der Waals surface area contributed by atoms with Gasteiger partial charge in [0.2, 0.25) is 0 Å². The van der Waals surface area contributed by atoms with Crippen molar-refractivity contribution in [2.45, 2.75) is 19.3 Å². The van der Waals surface area contributed by atoms with Gasteiger partial charge in [-0.05, 0) is 46.7 Å². The first-order valence-corrected chi connectivity index (χ1v) is 10.4. The van der Waals surface area contributed by atoms with Crippen molar-refractivity contribution in [3.63, 3.8) is 0 Å². The number of benzene rings is 3. The Kier molecular flexibility index (Phi) is 6.03. The lowest BCUT2D eigenvalue weighted by molar-refractivity contribution is -0.141. The van der Waals surface area contributed by atoms with Gasteiger partial charge in [-0.25, -0.2) is 4.79 Å². The molecule has 1 atom stereocenters. The molecule has 0 bridgehead atoms. The highest BCUT2D eigenvalue weighted by molar-refractivity contribution is 5.79. The van der Waals surface area contributed by atoms with Crippen molar-refractivity contribution in [1.29, 1.82) is 0 Å². The number of amides is 1. The summed E-state index contributed by atoms with van der Waals surface area (Å²) in [5, 5.41) is 12.2. The van der Waals surface area contributed by atoms with E-state index in [9.17, 15) is 14.7 Å². The normalized spacial score (nSPS) is 13.2. The van der Waals surface area contributed by atoms with Crippen molar-refractivity contribution in [2.24, 2.45) is 5.92 Å². The molecule has 0 saturated heterocycles. The van der Waals surface area contributed by atoms with Crippen LogP contribution >= 0.6 is 0 Å². The first kappa shape index (κ1) is 20.7. The molecule has 0 fully saturated rings. The number of carboxylic acids is 1. The minimum Gasteiger partial charge on any atom is -0.481 e. The van der Waals surface area contributed by atoms with Crippen LogP contribution in [0.3, 0.4) is 0 Å². The lowest BCUT2D eigenvalue weighted by atomic mass is 9.96. The lowest BCUT2D eigenvalue weighted by Crippen LogP contribution is -2.35. The molecule has 0 saturated carbocycles. The van der Waals surface area contributed by atoms with Crippen molar-refractivity contribution < 1.29 is 19.4 Å². The summed E-state index contributed by atoms with van der Waals surface area (Å²) in [6.07, 6.45) is -0.246. The Morgan fingerprint density at radius 1 is 0.935 bits per heavy atom. The van der Waals surface area contributed by atoms with Gasteiger partial charge in [-0.3, -0.25) is 4.79 Å². The van der Waals surface area contributed by atoms with E-state index in [4.69, 9.17) is 4.74 Å². The predicted octanol–water partition coefficient (Wildman–Crippen LogP) is 4.78. The highest BCUT2D eigenvalue weighted by atomic mass is 16.5. The topological polar surface area (TPSA) is 75.6 Å². The third kappa shape index (κ3) is 4.45. The van der Waals surface area contributed by atoms with Gasteiger partial charge in [-0.2, -0.15) is 0 Å². The molecule has 158 valence electrons. The zero-order chi connectivity index (χ0) is 21.8. The fourth-order valence-corrected chi connectivity index (χ4v) is 4.21. The summed E-state index contributed by atoms with van der Waals surface area (Å²) in [4.78, 5) is 24.0. The zero-order valence-corrected chi connectivity index (χ0v) is 17.4. The van der Waals surface area contributed by atoms with Gasteiger partial charge in [-0.1, -0.05) is 72.8 Å². The Morgan fingerprint density at radius 3 is 2.13 bits per heavy atom. The van der Waals surface area contributed by atoms with E-state index < -0.39 is 18.0 Å². The highest BCUT2D eigenvalue weighted by Crippen LogP contribution is 2.44. The van der Waals surface area contributed by atoms with E-state index in [0.29, 0.717) is 6.42 Å². The van der Waals surface area contributed by atoms with Gasteiger partial charge in [-0.15, -0.1) is 0 Å². The van der Waals surface area contributed by atoms with Crippen LogP contribution < -0.4 is 5.32 Å². The number of hydrogen-bond donors (Lipinski definition) is 2. The van der Waals surface area contributed by atoms with Gasteiger partial charge < -0.3 is 15.2 Å². The number of carbonyl (C=O) groups is 2. The summed E-state index contributed by atoms with van der Waals surface area (Å²) in [7, 11) is 0. The van der Waals surface area contributed by atoms with E-state index in [2.05, 4.69) is 29.6 Å². The summed E-state index contributed by atoms with van der Waals surface area (Å²) in [6.45, 7) is 2.17. The SMILES string of the molecule is Cc1ccccc1C[C@@H](CNC(=O)OCC1c2ccccc2-c2ccccc21)C(=O)O. The molecule has 0 aromatic heterocycles. The van der Waals surface area contributed by atoms with Gasteiger partial charge in [0.05, 0.1) is 5.92 Å². The molecule has 0 heterocycles. The molecule has 31 heavy (non-hydrogen) atoms. The van der Waals surface area contributed by atoms with Crippen molar-refractivity contribution in [2.75, 3.05) is 13.2 Å². The molecular formula is C26H25NO4. The summed E-state index contributed by atoms with van der Waals surface area (Å²) >= 11 is 0. The minimum absolute atomic E-state index is 0.0142. The fourth-order valence-electron chi connectivity index (χ4n) is 4.21. The molecule has 3 aromatic rings. The number of rotatable bonds is 7. The smallest absolute Gasteiger partial charge is 0.407 e. The third-order valence-electron chi connectivity index (χ3n) is 5.91. The number of fused-ring (bicyclic) bond motifs is 3. The molecular weight excluding hydrogens is 390 g/mol. The van der Waals surface area contributed by atoms with Gasteiger partial charge in [0, 0.05) is 12.5 Å². The van der Waals surface area contributed by atoms with Crippen LogP contribution in [0.15, 0.2) is 72.8 Å². The number of aryl methyl sites for hydroxylation is 1. The van der Waals surface area contributed by atoms with Crippen LogP contribution in [0.4, 0.5) is 4.79 Å². The maximum atomic E-state index is 12.3. The first-order chi connectivity index (χ1) is 15.0. The van der Waals surface area contributed by atoms with Gasteiger partial charge in [0.1, 0.15) is 6.61 Å².